The van der Waals surface area contributed by atoms with Gasteiger partial charge in [0.05, 0.1) is 18.4 Å². The highest BCUT2D eigenvalue weighted by atomic mass is 19.4. The van der Waals surface area contributed by atoms with Gasteiger partial charge in [-0.05, 0) is 17.7 Å². The Hall–Kier alpha value is -1.96. The van der Waals surface area contributed by atoms with Crippen molar-refractivity contribution >= 4 is 0 Å². The highest BCUT2D eigenvalue weighted by molar-refractivity contribution is 5.38. The van der Waals surface area contributed by atoms with E-state index in [2.05, 4.69) is 5.10 Å². The van der Waals surface area contributed by atoms with Crippen LogP contribution in [0.25, 0.3) is 5.69 Å². The second-order valence-electron chi connectivity index (χ2n) is 3.74. The first-order valence-corrected chi connectivity index (χ1v) is 5.04. The minimum absolute atomic E-state index is 0.0260. The Kier molecular flexibility index (Phi) is 3.27. The SMILES string of the molecule is OCc1cc(F)c(-n2cc(C(F)(F)F)cn2)c(F)c1. The number of aliphatic hydroxyl groups is 1. The fourth-order valence-corrected chi connectivity index (χ4v) is 1.52. The summed E-state index contributed by atoms with van der Waals surface area (Å²) in [6.45, 7) is -0.582. The lowest BCUT2D eigenvalue weighted by molar-refractivity contribution is -0.137. The van der Waals surface area contributed by atoms with Crippen LogP contribution in [0.2, 0.25) is 0 Å². The maximum Gasteiger partial charge on any atom is 0.419 e. The monoisotopic (exact) mass is 278 g/mol. The lowest BCUT2D eigenvalue weighted by Gasteiger charge is -2.07. The first kappa shape index (κ1) is 13.5. The number of hydrogen-bond donors (Lipinski definition) is 1. The van der Waals surface area contributed by atoms with Gasteiger partial charge in [0.1, 0.15) is 5.69 Å². The Labute approximate surface area is 103 Å². The summed E-state index contributed by atoms with van der Waals surface area (Å²) in [6, 6.07) is 1.65. The van der Waals surface area contributed by atoms with E-state index in [-0.39, 0.29) is 5.56 Å². The van der Waals surface area contributed by atoms with E-state index in [1.54, 1.807) is 0 Å². The molecule has 8 heteroatoms. The lowest BCUT2D eigenvalue weighted by atomic mass is 10.2. The van der Waals surface area contributed by atoms with Gasteiger partial charge in [-0.25, -0.2) is 13.5 Å². The van der Waals surface area contributed by atoms with Crippen LogP contribution in [0.1, 0.15) is 11.1 Å². The molecule has 3 nitrogen and oxygen atoms in total. The number of alkyl halides is 3. The van der Waals surface area contributed by atoms with Crippen molar-refractivity contribution in [2.24, 2.45) is 0 Å². The molecule has 1 aromatic heterocycles. The average molecular weight is 278 g/mol. The highest BCUT2D eigenvalue weighted by Gasteiger charge is 2.32. The Bertz CT molecular complexity index is 582. The maximum atomic E-state index is 13.6. The van der Waals surface area contributed by atoms with E-state index in [4.69, 9.17) is 5.11 Å². The first-order chi connectivity index (χ1) is 8.82. The van der Waals surface area contributed by atoms with Crippen molar-refractivity contribution in [3.63, 3.8) is 0 Å². The van der Waals surface area contributed by atoms with Gasteiger partial charge in [0.25, 0.3) is 0 Å². The summed E-state index contributed by atoms with van der Waals surface area (Å²) in [7, 11) is 0. The minimum Gasteiger partial charge on any atom is -0.392 e. The van der Waals surface area contributed by atoms with Crippen LogP contribution in [0.4, 0.5) is 22.0 Å². The third-order valence-corrected chi connectivity index (χ3v) is 2.40. The van der Waals surface area contributed by atoms with Crippen LogP contribution < -0.4 is 0 Å². The fourth-order valence-electron chi connectivity index (χ4n) is 1.52. The number of aromatic nitrogens is 2. The molecule has 0 aliphatic carbocycles. The van der Waals surface area contributed by atoms with Crippen LogP contribution in [-0.2, 0) is 12.8 Å². The van der Waals surface area contributed by atoms with Crippen molar-refractivity contribution in [3.8, 4) is 5.69 Å². The molecule has 0 saturated carbocycles. The number of benzene rings is 1. The molecular weight excluding hydrogens is 271 g/mol. The van der Waals surface area contributed by atoms with Gasteiger partial charge in [-0.15, -0.1) is 0 Å². The van der Waals surface area contributed by atoms with Gasteiger partial charge in [0.15, 0.2) is 11.6 Å². The van der Waals surface area contributed by atoms with Crippen LogP contribution in [0.5, 0.6) is 0 Å². The van der Waals surface area contributed by atoms with Crippen LogP contribution in [-0.4, -0.2) is 14.9 Å². The van der Waals surface area contributed by atoms with Gasteiger partial charge >= 0.3 is 6.18 Å². The fraction of sp³-hybridized carbons (Fsp3) is 0.182. The van der Waals surface area contributed by atoms with Gasteiger partial charge in [-0.2, -0.15) is 18.3 Å². The molecule has 0 atom stereocenters. The molecule has 102 valence electrons. The molecule has 0 aliphatic rings. The molecule has 1 aromatic carbocycles. The summed E-state index contributed by atoms with van der Waals surface area (Å²) in [5.41, 5.74) is -1.87. The summed E-state index contributed by atoms with van der Waals surface area (Å²) >= 11 is 0. The Morgan fingerprint density at radius 3 is 2.16 bits per heavy atom. The predicted molar refractivity (Wildman–Crippen MR) is 54.4 cm³/mol. The molecule has 0 bridgehead atoms. The third kappa shape index (κ3) is 2.58. The van der Waals surface area contributed by atoms with E-state index < -0.39 is 35.7 Å². The van der Waals surface area contributed by atoms with E-state index in [9.17, 15) is 22.0 Å². The zero-order valence-corrected chi connectivity index (χ0v) is 9.25. The topological polar surface area (TPSA) is 38.0 Å². The molecule has 0 saturated heterocycles. The Morgan fingerprint density at radius 1 is 1.16 bits per heavy atom. The molecule has 0 unspecified atom stereocenters. The quantitative estimate of drug-likeness (QED) is 0.858. The van der Waals surface area contributed by atoms with Crippen LogP contribution in [0.15, 0.2) is 24.5 Å². The second-order valence-corrected chi connectivity index (χ2v) is 3.74. The minimum atomic E-state index is -4.64. The number of halogens is 5. The maximum absolute atomic E-state index is 13.6. The van der Waals surface area contributed by atoms with Crippen molar-refractivity contribution in [1.82, 2.24) is 9.78 Å². The van der Waals surface area contributed by atoms with E-state index in [0.29, 0.717) is 17.1 Å². The first-order valence-electron chi connectivity index (χ1n) is 5.04. The molecule has 1 heterocycles. The Balaban J connectivity index is 2.51. The van der Waals surface area contributed by atoms with Crippen molar-refractivity contribution in [1.29, 1.82) is 0 Å². The van der Waals surface area contributed by atoms with Crippen molar-refractivity contribution < 1.29 is 27.1 Å². The summed E-state index contributed by atoms with van der Waals surface area (Å²) in [5.74, 6) is -2.22. The zero-order chi connectivity index (χ0) is 14.2. The molecule has 0 radical (unpaired) electrons. The van der Waals surface area contributed by atoms with Crippen LogP contribution in [0, 0.1) is 11.6 Å². The number of nitrogens with zero attached hydrogens (tertiary/aromatic N) is 2. The molecule has 0 amide bonds. The predicted octanol–water partition coefficient (Wildman–Crippen LogP) is 2.66. The van der Waals surface area contributed by atoms with Crippen molar-refractivity contribution in [2.75, 3.05) is 0 Å². The van der Waals surface area contributed by atoms with E-state index in [1.165, 1.54) is 0 Å². The van der Waals surface area contributed by atoms with Crippen LogP contribution >= 0.6 is 0 Å². The van der Waals surface area contributed by atoms with Crippen molar-refractivity contribution in [3.05, 3.63) is 47.3 Å². The van der Waals surface area contributed by atoms with Gasteiger partial charge in [-0.1, -0.05) is 0 Å². The largest absolute Gasteiger partial charge is 0.419 e. The number of hydrogen-bond acceptors (Lipinski definition) is 2. The Morgan fingerprint density at radius 2 is 1.74 bits per heavy atom. The van der Waals surface area contributed by atoms with Crippen molar-refractivity contribution in [2.45, 2.75) is 12.8 Å². The lowest BCUT2D eigenvalue weighted by Crippen LogP contribution is -2.05. The van der Waals surface area contributed by atoms with Crippen LogP contribution in [0.3, 0.4) is 0 Å². The average Bonchev–Trinajstić information content (AvgIpc) is 2.76. The normalized spacial score (nSPS) is 11.9. The van der Waals surface area contributed by atoms with E-state index in [1.807, 2.05) is 0 Å². The van der Waals surface area contributed by atoms with Gasteiger partial charge in [0, 0.05) is 6.20 Å². The molecule has 1 N–H and O–H groups in total. The van der Waals surface area contributed by atoms with Gasteiger partial charge in [-0.3, -0.25) is 0 Å². The third-order valence-electron chi connectivity index (χ3n) is 2.40. The molecule has 0 spiro atoms. The number of rotatable bonds is 2. The van der Waals surface area contributed by atoms with E-state index >= 15 is 0 Å². The molecule has 2 aromatic rings. The molecule has 0 fully saturated rings. The summed E-state index contributed by atoms with van der Waals surface area (Å²) in [5, 5.41) is 12.0. The van der Waals surface area contributed by atoms with Gasteiger partial charge in [0.2, 0.25) is 0 Å². The summed E-state index contributed by atoms with van der Waals surface area (Å²) < 4.78 is 64.7. The zero-order valence-electron chi connectivity index (χ0n) is 9.25. The van der Waals surface area contributed by atoms with Gasteiger partial charge < -0.3 is 5.11 Å². The standard InChI is InChI=1S/C11H7F5N2O/c12-8-1-6(5-19)2-9(13)10(8)18-4-7(3-17-18)11(14,15)16/h1-4,19H,5H2. The molecule has 19 heavy (non-hydrogen) atoms. The summed E-state index contributed by atoms with van der Waals surface area (Å²) in [4.78, 5) is 0. The highest BCUT2D eigenvalue weighted by Crippen LogP contribution is 2.30. The van der Waals surface area contributed by atoms with E-state index in [0.717, 1.165) is 12.1 Å². The number of aliphatic hydroxyl groups excluding tert-OH is 1. The molecule has 0 aliphatic heterocycles. The second kappa shape index (κ2) is 4.61. The summed E-state index contributed by atoms with van der Waals surface area (Å²) in [6.07, 6.45) is -3.69. The molecular formula is C11H7F5N2O. The molecule has 2 rings (SSSR count). The smallest absolute Gasteiger partial charge is 0.392 e.